The van der Waals surface area contributed by atoms with Crippen molar-refractivity contribution < 1.29 is 9.15 Å². The highest BCUT2D eigenvalue weighted by Gasteiger charge is 2.11. The summed E-state index contributed by atoms with van der Waals surface area (Å²) >= 11 is 3.55. The maximum Gasteiger partial charge on any atom is 0.0955 e. The van der Waals surface area contributed by atoms with Gasteiger partial charge in [-0.1, -0.05) is 22.0 Å². The minimum absolute atomic E-state index is 0.189. The molecule has 0 aliphatic heterocycles. The van der Waals surface area contributed by atoms with E-state index in [2.05, 4.69) is 34.2 Å². The number of hydrogen-bond donors (Lipinski definition) is 1. The number of rotatable bonds is 5. The Balaban J connectivity index is 2.20. The maximum absolute atomic E-state index is 5.23. The summed E-state index contributed by atoms with van der Waals surface area (Å²) in [6, 6.07) is 8.23. The Kier molecular flexibility index (Phi) is 4.44. The summed E-state index contributed by atoms with van der Waals surface area (Å²) in [5.41, 5.74) is 3.31. The van der Waals surface area contributed by atoms with Gasteiger partial charge in [-0.05, 0) is 25.1 Å². The second kappa shape index (κ2) is 6.07. The normalized spacial score (nSPS) is 12.4. The number of anilines is 1. The minimum atomic E-state index is 0.189. The number of furan rings is 1. The molecular weight excluding hydrogens is 294 g/mol. The minimum Gasteiger partial charge on any atom is -0.472 e. The number of methoxy groups -OCH3 is 1. The van der Waals surface area contributed by atoms with Gasteiger partial charge < -0.3 is 14.5 Å². The van der Waals surface area contributed by atoms with Gasteiger partial charge in [0.15, 0.2) is 0 Å². The van der Waals surface area contributed by atoms with Crippen LogP contribution in [0.1, 0.15) is 24.1 Å². The van der Waals surface area contributed by atoms with Crippen LogP contribution < -0.4 is 5.32 Å². The maximum atomic E-state index is 5.23. The van der Waals surface area contributed by atoms with Crippen LogP contribution >= 0.6 is 15.9 Å². The lowest BCUT2D eigenvalue weighted by molar-refractivity contribution is 0.185. The molecule has 2 aromatic rings. The standard InChI is InChI=1S/C14H16BrNO2/c1-10(11-6-7-18-8-11)16-14-5-3-4-13(15)12(14)9-17-2/h3-8,10,16H,9H2,1-2H3. The van der Waals surface area contributed by atoms with E-state index >= 15 is 0 Å². The molecule has 0 aliphatic carbocycles. The van der Waals surface area contributed by atoms with Crippen LogP contribution in [0.2, 0.25) is 0 Å². The van der Waals surface area contributed by atoms with Crippen LogP contribution in [0.4, 0.5) is 5.69 Å². The SMILES string of the molecule is COCc1c(Br)cccc1NC(C)c1ccoc1. The summed E-state index contributed by atoms with van der Waals surface area (Å²) in [6.07, 6.45) is 3.44. The van der Waals surface area contributed by atoms with E-state index in [-0.39, 0.29) is 6.04 Å². The lowest BCUT2D eigenvalue weighted by atomic mass is 10.1. The molecule has 1 unspecified atom stereocenters. The van der Waals surface area contributed by atoms with E-state index in [0.717, 1.165) is 21.3 Å². The molecule has 1 heterocycles. The Labute approximate surface area is 115 Å². The first-order valence-corrected chi connectivity index (χ1v) is 6.56. The molecular formula is C14H16BrNO2. The van der Waals surface area contributed by atoms with Crippen LogP contribution in [0.25, 0.3) is 0 Å². The van der Waals surface area contributed by atoms with Crippen molar-refractivity contribution in [3.63, 3.8) is 0 Å². The van der Waals surface area contributed by atoms with Crippen molar-refractivity contribution in [1.82, 2.24) is 0 Å². The Morgan fingerprint density at radius 1 is 1.39 bits per heavy atom. The van der Waals surface area contributed by atoms with Crippen LogP contribution in [0.3, 0.4) is 0 Å². The molecule has 0 bridgehead atoms. The van der Waals surface area contributed by atoms with Gasteiger partial charge in [0.25, 0.3) is 0 Å². The second-order valence-corrected chi connectivity index (χ2v) is 4.98. The molecule has 0 saturated heterocycles. The average Bonchev–Trinajstić information content (AvgIpc) is 2.87. The van der Waals surface area contributed by atoms with Gasteiger partial charge >= 0.3 is 0 Å². The van der Waals surface area contributed by atoms with Gasteiger partial charge in [0.05, 0.1) is 25.2 Å². The van der Waals surface area contributed by atoms with Crippen molar-refractivity contribution in [1.29, 1.82) is 0 Å². The zero-order valence-electron chi connectivity index (χ0n) is 10.4. The van der Waals surface area contributed by atoms with Gasteiger partial charge in [-0.15, -0.1) is 0 Å². The average molecular weight is 310 g/mol. The predicted molar refractivity (Wildman–Crippen MR) is 75.6 cm³/mol. The number of benzene rings is 1. The van der Waals surface area contributed by atoms with Crippen LogP contribution in [-0.4, -0.2) is 7.11 Å². The van der Waals surface area contributed by atoms with E-state index in [1.54, 1.807) is 19.6 Å². The van der Waals surface area contributed by atoms with Crippen molar-refractivity contribution in [2.75, 3.05) is 12.4 Å². The van der Waals surface area contributed by atoms with Crippen molar-refractivity contribution in [3.05, 3.63) is 52.4 Å². The first kappa shape index (κ1) is 13.2. The summed E-state index contributed by atoms with van der Waals surface area (Å²) in [5.74, 6) is 0. The molecule has 0 saturated carbocycles. The molecule has 3 nitrogen and oxygen atoms in total. The molecule has 1 aromatic heterocycles. The summed E-state index contributed by atoms with van der Waals surface area (Å²) < 4.78 is 11.4. The van der Waals surface area contributed by atoms with Gasteiger partial charge in [0.1, 0.15) is 0 Å². The lowest BCUT2D eigenvalue weighted by Gasteiger charge is -2.17. The van der Waals surface area contributed by atoms with Crippen molar-refractivity contribution in [3.8, 4) is 0 Å². The third-order valence-electron chi connectivity index (χ3n) is 2.82. The summed E-state index contributed by atoms with van der Waals surface area (Å²) in [4.78, 5) is 0. The zero-order chi connectivity index (χ0) is 13.0. The summed E-state index contributed by atoms with van der Waals surface area (Å²) in [5, 5.41) is 3.47. The first-order valence-electron chi connectivity index (χ1n) is 5.77. The van der Waals surface area contributed by atoms with Gasteiger partial charge in [0.2, 0.25) is 0 Å². The van der Waals surface area contributed by atoms with Crippen molar-refractivity contribution >= 4 is 21.6 Å². The fourth-order valence-electron chi connectivity index (χ4n) is 1.82. The molecule has 1 N–H and O–H groups in total. The number of ether oxygens (including phenoxy) is 1. The molecule has 0 radical (unpaired) electrons. The fraction of sp³-hybridized carbons (Fsp3) is 0.286. The summed E-state index contributed by atoms with van der Waals surface area (Å²) in [7, 11) is 1.70. The van der Waals surface area contributed by atoms with E-state index in [1.165, 1.54) is 0 Å². The number of halogens is 1. The molecule has 1 atom stereocenters. The predicted octanol–water partition coefficient (Wildman–Crippen LogP) is 4.36. The molecule has 0 amide bonds. The third kappa shape index (κ3) is 2.94. The molecule has 0 aliphatic rings. The van der Waals surface area contributed by atoms with Gasteiger partial charge in [-0.3, -0.25) is 0 Å². The van der Waals surface area contributed by atoms with Gasteiger partial charge in [-0.25, -0.2) is 0 Å². The van der Waals surface area contributed by atoms with Crippen LogP contribution in [-0.2, 0) is 11.3 Å². The Morgan fingerprint density at radius 2 is 2.22 bits per heavy atom. The topological polar surface area (TPSA) is 34.4 Å². The first-order chi connectivity index (χ1) is 8.72. The summed E-state index contributed by atoms with van der Waals surface area (Å²) in [6.45, 7) is 2.67. The highest BCUT2D eigenvalue weighted by Crippen LogP contribution is 2.28. The highest BCUT2D eigenvalue weighted by molar-refractivity contribution is 9.10. The molecule has 0 spiro atoms. The Morgan fingerprint density at radius 3 is 2.89 bits per heavy atom. The van der Waals surface area contributed by atoms with Gasteiger partial charge in [-0.2, -0.15) is 0 Å². The number of hydrogen-bond acceptors (Lipinski definition) is 3. The monoisotopic (exact) mass is 309 g/mol. The van der Waals surface area contributed by atoms with E-state index in [4.69, 9.17) is 9.15 Å². The smallest absolute Gasteiger partial charge is 0.0955 e. The van der Waals surface area contributed by atoms with Crippen LogP contribution in [0.15, 0.2) is 45.7 Å². The van der Waals surface area contributed by atoms with Crippen molar-refractivity contribution in [2.24, 2.45) is 0 Å². The Bertz CT molecular complexity index is 497. The lowest BCUT2D eigenvalue weighted by Crippen LogP contribution is -2.08. The molecule has 18 heavy (non-hydrogen) atoms. The van der Waals surface area contributed by atoms with Gasteiger partial charge in [0, 0.05) is 28.4 Å². The molecule has 2 rings (SSSR count). The fourth-order valence-corrected chi connectivity index (χ4v) is 2.30. The van der Waals surface area contributed by atoms with Crippen LogP contribution in [0.5, 0.6) is 0 Å². The highest BCUT2D eigenvalue weighted by atomic mass is 79.9. The molecule has 96 valence electrons. The van der Waals surface area contributed by atoms with E-state index in [1.807, 2.05) is 18.2 Å². The zero-order valence-corrected chi connectivity index (χ0v) is 12.0. The molecule has 0 fully saturated rings. The van der Waals surface area contributed by atoms with E-state index in [9.17, 15) is 0 Å². The Hall–Kier alpha value is -1.26. The van der Waals surface area contributed by atoms with E-state index in [0.29, 0.717) is 6.61 Å². The third-order valence-corrected chi connectivity index (χ3v) is 3.57. The molecule has 1 aromatic carbocycles. The van der Waals surface area contributed by atoms with E-state index < -0.39 is 0 Å². The molecule has 4 heteroatoms. The van der Waals surface area contributed by atoms with Crippen LogP contribution in [0, 0.1) is 0 Å². The second-order valence-electron chi connectivity index (χ2n) is 4.12. The number of nitrogens with one attached hydrogen (secondary N) is 1. The largest absolute Gasteiger partial charge is 0.472 e. The van der Waals surface area contributed by atoms with Crippen molar-refractivity contribution in [2.45, 2.75) is 19.6 Å². The quantitative estimate of drug-likeness (QED) is 0.891.